The van der Waals surface area contributed by atoms with Crippen molar-refractivity contribution >= 4 is 18.1 Å². The molecule has 2 amide bonds. The van der Waals surface area contributed by atoms with E-state index in [0.717, 1.165) is 11.1 Å². The van der Waals surface area contributed by atoms with Gasteiger partial charge in [0.05, 0.1) is 5.60 Å². The Morgan fingerprint density at radius 1 is 0.976 bits per heavy atom. The summed E-state index contributed by atoms with van der Waals surface area (Å²) >= 11 is 0. The number of carbonyl (C=O) groups is 2. The third kappa shape index (κ3) is 9.49. The normalized spacial score (nSPS) is 14.7. The van der Waals surface area contributed by atoms with Gasteiger partial charge in [0.2, 0.25) is 0 Å². The molecule has 0 aliphatic rings. The number of amides is 2. The number of aliphatic hydroxyl groups is 2. The number of hydrogen-bond donors (Lipinski definition) is 5. The summed E-state index contributed by atoms with van der Waals surface area (Å²) in [4.78, 5) is 38.2. The molecule has 2 aromatic rings. The van der Waals surface area contributed by atoms with Crippen molar-refractivity contribution in [2.45, 2.75) is 89.5 Å². The molecule has 0 bridgehead atoms. The van der Waals surface area contributed by atoms with Crippen LogP contribution in [0.2, 0.25) is 0 Å². The van der Waals surface area contributed by atoms with Crippen LogP contribution in [0.25, 0.3) is 0 Å². The van der Waals surface area contributed by atoms with Crippen molar-refractivity contribution in [2.75, 3.05) is 0 Å². The average molecular weight is 585 g/mol. The van der Waals surface area contributed by atoms with Crippen molar-refractivity contribution in [3.8, 4) is 0 Å². The Morgan fingerprint density at radius 3 is 2.00 bits per heavy atom. The van der Waals surface area contributed by atoms with Crippen molar-refractivity contribution in [3.63, 3.8) is 0 Å². The first kappa shape index (κ1) is 34.6. The van der Waals surface area contributed by atoms with E-state index in [9.17, 15) is 24.6 Å². The number of rotatable bonds is 14. The molecule has 0 spiro atoms. The molecule has 0 fully saturated rings. The van der Waals surface area contributed by atoms with E-state index >= 15 is 0 Å². The number of aryl methyl sites for hydroxylation is 1. The van der Waals surface area contributed by atoms with E-state index in [0.29, 0.717) is 37.0 Å². The summed E-state index contributed by atoms with van der Waals surface area (Å²) in [5.41, 5.74) is 16.4. The van der Waals surface area contributed by atoms with Crippen LogP contribution in [0.15, 0.2) is 66.4 Å². The summed E-state index contributed by atoms with van der Waals surface area (Å²) in [6.07, 6.45) is -2.24. The number of nitrogens with zero attached hydrogens (tertiary/aromatic N) is 1. The molecule has 11 heteroatoms. The summed E-state index contributed by atoms with van der Waals surface area (Å²) in [6.45, 7) is 6.68. The topological polar surface area (TPSA) is 191 Å². The van der Waals surface area contributed by atoms with Crippen LogP contribution in [0.3, 0.4) is 0 Å². The highest BCUT2D eigenvalue weighted by Crippen LogP contribution is 2.37. The van der Waals surface area contributed by atoms with Crippen LogP contribution >= 0.6 is 0 Å². The second-order valence-corrected chi connectivity index (χ2v) is 11.3. The fourth-order valence-electron chi connectivity index (χ4n) is 4.94. The molecule has 8 N–H and O–H groups in total. The van der Waals surface area contributed by atoms with Gasteiger partial charge in [-0.25, -0.2) is 19.3 Å². The summed E-state index contributed by atoms with van der Waals surface area (Å²) < 4.78 is 10.2. The number of unbranched alkanes of at least 4 members (excludes halogenated alkanes) is 1. The third-order valence-corrected chi connectivity index (χ3v) is 6.99. The van der Waals surface area contributed by atoms with Crippen molar-refractivity contribution < 1.29 is 34.1 Å². The largest absolute Gasteiger partial charge is 0.425 e. The van der Waals surface area contributed by atoms with Crippen molar-refractivity contribution in [2.24, 2.45) is 23.1 Å². The molecule has 2 rings (SSSR count). The first-order valence-corrected chi connectivity index (χ1v) is 14.0. The Bertz CT molecular complexity index is 1210. The van der Waals surface area contributed by atoms with E-state index in [1.54, 1.807) is 20.8 Å². The fourth-order valence-corrected chi connectivity index (χ4v) is 4.94. The van der Waals surface area contributed by atoms with Gasteiger partial charge in [0.25, 0.3) is 5.79 Å². The predicted octanol–water partition coefficient (Wildman–Crippen LogP) is 3.34. The van der Waals surface area contributed by atoms with Gasteiger partial charge >= 0.3 is 12.2 Å². The van der Waals surface area contributed by atoms with Gasteiger partial charge in [-0.15, -0.1) is 0 Å². The minimum Gasteiger partial charge on any atom is -0.359 e. The maximum atomic E-state index is 13.5. The van der Waals surface area contributed by atoms with E-state index in [2.05, 4.69) is 4.74 Å². The lowest BCUT2D eigenvalue weighted by atomic mass is 9.80. The molecule has 3 atom stereocenters. The molecule has 0 aromatic heterocycles. The van der Waals surface area contributed by atoms with Crippen molar-refractivity contribution in [1.29, 1.82) is 0 Å². The van der Waals surface area contributed by atoms with Gasteiger partial charge in [0, 0.05) is 0 Å². The maximum Gasteiger partial charge on any atom is 0.425 e. The summed E-state index contributed by atoms with van der Waals surface area (Å²) in [6, 6.07) is 19.1. The molecule has 0 aliphatic heterocycles. The first-order chi connectivity index (χ1) is 19.7. The zero-order chi connectivity index (χ0) is 31.6. The number of nitrogens with two attached hydrogens (primary N) is 3. The van der Waals surface area contributed by atoms with Gasteiger partial charge in [-0.3, -0.25) is 0 Å². The second kappa shape index (κ2) is 15.1. The number of carbonyl (C=O) groups excluding carboxylic acids is 3. The number of hydrogen-bond acceptors (Lipinski definition) is 9. The number of ether oxygens (including phenoxy) is 2. The molecular weight excluding hydrogens is 540 g/mol. The summed E-state index contributed by atoms with van der Waals surface area (Å²) in [5.74, 6) is -2.42. The lowest BCUT2D eigenvalue weighted by Gasteiger charge is -2.47. The Morgan fingerprint density at radius 2 is 1.52 bits per heavy atom. The Hall–Kier alpha value is -3.57. The molecule has 3 unspecified atom stereocenters. The zero-order valence-corrected chi connectivity index (χ0v) is 24.8. The fraction of sp³-hybridized carbons (Fsp3) is 0.484. The minimum atomic E-state index is -3.27. The molecule has 42 heavy (non-hydrogen) atoms. The molecule has 0 saturated heterocycles. The van der Waals surface area contributed by atoms with Gasteiger partial charge in [-0.05, 0) is 76.3 Å². The average Bonchev–Trinajstić information content (AvgIpc) is 2.92. The monoisotopic (exact) mass is 584 g/mol. The Labute approximate surface area is 247 Å². The summed E-state index contributed by atoms with van der Waals surface area (Å²) in [5, 5.41) is 22.3. The highest BCUT2D eigenvalue weighted by molar-refractivity contribution is 5.85. The molecule has 230 valence electrons. The zero-order valence-electron chi connectivity index (χ0n) is 24.8. The van der Waals surface area contributed by atoms with Gasteiger partial charge in [0.1, 0.15) is 5.66 Å². The van der Waals surface area contributed by atoms with Crippen molar-refractivity contribution in [3.05, 3.63) is 77.5 Å². The second-order valence-electron chi connectivity index (χ2n) is 11.3. The van der Waals surface area contributed by atoms with Crippen LogP contribution in [-0.2, 0) is 27.1 Å². The predicted molar refractivity (Wildman–Crippen MR) is 158 cm³/mol. The van der Waals surface area contributed by atoms with Crippen LogP contribution in [0.4, 0.5) is 9.59 Å². The lowest BCUT2D eigenvalue weighted by molar-refractivity contribution is -0.245. The van der Waals surface area contributed by atoms with E-state index in [1.165, 1.54) is 5.94 Å². The van der Waals surface area contributed by atoms with Crippen LogP contribution in [-0.4, -0.2) is 56.5 Å². The van der Waals surface area contributed by atoms with Crippen LogP contribution in [0.5, 0.6) is 0 Å². The lowest BCUT2D eigenvalue weighted by Crippen LogP contribution is -2.68. The smallest absolute Gasteiger partial charge is 0.359 e. The first-order valence-electron chi connectivity index (χ1n) is 14.0. The van der Waals surface area contributed by atoms with Crippen LogP contribution in [0.1, 0.15) is 64.5 Å². The van der Waals surface area contributed by atoms with Gasteiger partial charge in [-0.2, -0.15) is 0 Å². The molecule has 2 aromatic carbocycles. The number of primary amides is 1. The van der Waals surface area contributed by atoms with Crippen molar-refractivity contribution in [1.82, 2.24) is 4.90 Å². The maximum absolute atomic E-state index is 13.5. The minimum absolute atomic E-state index is 0.0790. The molecular formula is C31H44N4O7. The highest BCUT2D eigenvalue weighted by atomic mass is 16.6. The van der Waals surface area contributed by atoms with Crippen LogP contribution in [0, 0.1) is 5.92 Å². The molecule has 0 saturated carbocycles. The highest BCUT2D eigenvalue weighted by Gasteiger charge is 2.53. The van der Waals surface area contributed by atoms with E-state index in [-0.39, 0.29) is 6.42 Å². The van der Waals surface area contributed by atoms with Crippen LogP contribution < -0.4 is 17.2 Å². The van der Waals surface area contributed by atoms with E-state index in [4.69, 9.17) is 21.9 Å². The quantitative estimate of drug-likeness (QED) is 0.0959. The van der Waals surface area contributed by atoms with Gasteiger partial charge in [-0.1, -0.05) is 67.6 Å². The Kier molecular flexibility index (Phi) is 12.4. The molecule has 0 heterocycles. The molecule has 0 radical (unpaired) electrons. The standard InChI is InChI=1S/C31H44N4O7/c1-5-24(20-23-17-10-7-11-18-23)30(34,19-13-12-16-22-14-8-6-9-15-22)35(28(38)41-27(33)37)25(21-36)31(39,40)26(32)42-29(2,3)4/h6-11,14-15,17-18,24,26,39-40H,5,12-13,16,19-20,32,34H2,1-4H3,(H2,33,37). The Balaban J connectivity index is 2.62. The SMILES string of the molecule is CCC(Cc1ccccc1)C(N)(CCCCc1ccccc1)N(C(=O)OC(N)=O)C(=C=O)C(O)(O)C(N)OC(C)(C)C. The van der Waals surface area contributed by atoms with E-state index in [1.807, 2.05) is 67.6 Å². The summed E-state index contributed by atoms with van der Waals surface area (Å²) in [7, 11) is 0. The van der Waals surface area contributed by atoms with Gasteiger partial charge < -0.3 is 36.9 Å². The molecule has 0 aliphatic carbocycles. The van der Waals surface area contributed by atoms with E-state index < -0.39 is 47.1 Å². The van der Waals surface area contributed by atoms with Gasteiger partial charge in [0.15, 0.2) is 17.9 Å². The molecule has 11 nitrogen and oxygen atoms in total. The number of benzene rings is 2. The third-order valence-electron chi connectivity index (χ3n) is 6.99.